The van der Waals surface area contributed by atoms with E-state index in [-0.39, 0.29) is 0 Å². The van der Waals surface area contributed by atoms with E-state index < -0.39 is 0 Å². The van der Waals surface area contributed by atoms with Gasteiger partial charge < -0.3 is 0 Å². The average Bonchev–Trinajstić information content (AvgIpc) is 2.77. The largest absolute Gasteiger partial charge is 0.278 e. The lowest BCUT2D eigenvalue weighted by atomic mass is 10.0. The van der Waals surface area contributed by atoms with Gasteiger partial charge in [-0.1, -0.05) is 31.2 Å². The standard InChI is InChI=1S/C14H16N2/c1-3-5-6-11(4-2)12-7-8-14-13(9-12)10-15-16-14/h4-10H,3H2,1-2H3,(H,15,16)/b6-5-,11-4+. The smallest absolute Gasteiger partial charge is 0.0650 e. The maximum Gasteiger partial charge on any atom is 0.0650 e. The molecule has 0 bridgehead atoms. The molecule has 0 fully saturated rings. The maximum atomic E-state index is 4.03. The number of fused-ring (bicyclic) bond motifs is 1. The molecule has 0 aliphatic carbocycles. The summed E-state index contributed by atoms with van der Waals surface area (Å²) < 4.78 is 0. The molecule has 0 unspecified atom stereocenters. The van der Waals surface area contributed by atoms with Gasteiger partial charge in [0.1, 0.15) is 0 Å². The van der Waals surface area contributed by atoms with Gasteiger partial charge in [0.2, 0.25) is 0 Å². The zero-order valence-electron chi connectivity index (χ0n) is 9.70. The average molecular weight is 212 g/mol. The topological polar surface area (TPSA) is 28.7 Å². The van der Waals surface area contributed by atoms with E-state index in [1.807, 2.05) is 6.20 Å². The molecule has 0 aliphatic rings. The van der Waals surface area contributed by atoms with Crippen LogP contribution in [0.5, 0.6) is 0 Å². The van der Waals surface area contributed by atoms with Gasteiger partial charge in [0.15, 0.2) is 0 Å². The first-order chi connectivity index (χ1) is 7.85. The summed E-state index contributed by atoms with van der Waals surface area (Å²) in [4.78, 5) is 0. The fraction of sp³-hybridized carbons (Fsp3) is 0.214. The van der Waals surface area contributed by atoms with Gasteiger partial charge in [-0.3, -0.25) is 5.10 Å². The van der Waals surface area contributed by atoms with Crippen molar-refractivity contribution in [1.82, 2.24) is 10.2 Å². The summed E-state index contributed by atoms with van der Waals surface area (Å²) in [5.74, 6) is 0. The number of rotatable bonds is 3. The molecule has 2 rings (SSSR count). The van der Waals surface area contributed by atoms with Crippen LogP contribution in [0.2, 0.25) is 0 Å². The second-order valence-electron chi connectivity index (χ2n) is 3.73. The van der Waals surface area contributed by atoms with Gasteiger partial charge in [-0.15, -0.1) is 0 Å². The number of hydrogen-bond acceptors (Lipinski definition) is 1. The lowest BCUT2D eigenvalue weighted by molar-refractivity contribution is 1.12. The number of allylic oxidation sites excluding steroid dienone is 4. The number of aromatic amines is 1. The van der Waals surface area contributed by atoms with Crippen molar-refractivity contribution in [1.29, 1.82) is 0 Å². The van der Waals surface area contributed by atoms with E-state index in [1.54, 1.807) is 0 Å². The van der Waals surface area contributed by atoms with Crippen molar-refractivity contribution in [3.63, 3.8) is 0 Å². The molecule has 1 heterocycles. The lowest BCUT2D eigenvalue weighted by Crippen LogP contribution is -1.80. The highest BCUT2D eigenvalue weighted by Gasteiger charge is 2.00. The Balaban J connectivity index is 2.41. The Labute approximate surface area is 95.7 Å². The minimum atomic E-state index is 1.06. The minimum absolute atomic E-state index is 1.06. The highest BCUT2D eigenvalue weighted by atomic mass is 15.1. The highest BCUT2D eigenvalue weighted by molar-refractivity contribution is 5.85. The van der Waals surface area contributed by atoms with E-state index in [0.717, 1.165) is 17.3 Å². The summed E-state index contributed by atoms with van der Waals surface area (Å²) in [6, 6.07) is 6.35. The molecule has 16 heavy (non-hydrogen) atoms. The third-order valence-electron chi connectivity index (χ3n) is 2.62. The molecule has 0 saturated heterocycles. The van der Waals surface area contributed by atoms with E-state index >= 15 is 0 Å². The number of nitrogens with zero attached hydrogens (tertiary/aromatic N) is 1. The van der Waals surface area contributed by atoms with Crippen LogP contribution in [0.25, 0.3) is 16.5 Å². The minimum Gasteiger partial charge on any atom is -0.278 e. The Morgan fingerprint density at radius 3 is 3.06 bits per heavy atom. The molecule has 0 saturated carbocycles. The van der Waals surface area contributed by atoms with Crippen molar-refractivity contribution < 1.29 is 0 Å². The number of aromatic nitrogens is 2. The Hall–Kier alpha value is -1.83. The van der Waals surface area contributed by atoms with Crippen molar-refractivity contribution in [2.45, 2.75) is 20.3 Å². The van der Waals surface area contributed by atoms with Crippen molar-refractivity contribution >= 4 is 16.5 Å². The maximum absolute atomic E-state index is 4.03. The van der Waals surface area contributed by atoms with Gasteiger partial charge in [-0.2, -0.15) is 5.10 Å². The molecule has 1 aromatic carbocycles. The van der Waals surface area contributed by atoms with Crippen LogP contribution in [0.15, 0.2) is 42.6 Å². The Kier molecular flexibility index (Phi) is 3.20. The summed E-state index contributed by atoms with van der Waals surface area (Å²) in [5, 5.41) is 8.14. The molecule has 2 heteroatoms. The van der Waals surface area contributed by atoms with Crippen molar-refractivity contribution in [2.75, 3.05) is 0 Å². The number of hydrogen-bond donors (Lipinski definition) is 1. The van der Waals surface area contributed by atoms with Gasteiger partial charge in [0.25, 0.3) is 0 Å². The van der Waals surface area contributed by atoms with Crippen LogP contribution in [-0.2, 0) is 0 Å². The van der Waals surface area contributed by atoms with Crippen molar-refractivity contribution in [3.05, 3.63) is 48.2 Å². The molecule has 1 aromatic heterocycles. The molecule has 2 aromatic rings. The zero-order chi connectivity index (χ0) is 11.4. The van der Waals surface area contributed by atoms with Gasteiger partial charge in [0.05, 0.1) is 11.7 Å². The molecule has 0 aliphatic heterocycles. The first-order valence-electron chi connectivity index (χ1n) is 5.61. The van der Waals surface area contributed by atoms with E-state index in [1.165, 1.54) is 11.1 Å². The predicted molar refractivity (Wildman–Crippen MR) is 69.2 cm³/mol. The number of H-pyrrole nitrogens is 1. The van der Waals surface area contributed by atoms with Crippen molar-refractivity contribution in [3.8, 4) is 0 Å². The van der Waals surface area contributed by atoms with Crippen LogP contribution in [0.1, 0.15) is 25.8 Å². The first-order valence-corrected chi connectivity index (χ1v) is 5.61. The Bertz CT molecular complexity index is 532. The Morgan fingerprint density at radius 1 is 1.44 bits per heavy atom. The molecule has 0 amide bonds. The van der Waals surface area contributed by atoms with Crippen molar-refractivity contribution in [2.24, 2.45) is 0 Å². The van der Waals surface area contributed by atoms with E-state index in [4.69, 9.17) is 0 Å². The molecule has 1 N–H and O–H groups in total. The van der Waals surface area contributed by atoms with E-state index in [9.17, 15) is 0 Å². The van der Waals surface area contributed by atoms with Crippen LogP contribution in [-0.4, -0.2) is 10.2 Å². The third-order valence-corrected chi connectivity index (χ3v) is 2.62. The number of nitrogens with one attached hydrogen (secondary N) is 1. The van der Waals surface area contributed by atoms with Crippen LogP contribution in [0.4, 0.5) is 0 Å². The summed E-state index contributed by atoms with van der Waals surface area (Å²) in [6.45, 7) is 4.21. The second kappa shape index (κ2) is 4.79. The zero-order valence-corrected chi connectivity index (χ0v) is 9.70. The molecule has 82 valence electrons. The normalized spacial score (nSPS) is 12.8. The molecule has 0 radical (unpaired) electrons. The second-order valence-corrected chi connectivity index (χ2v) is 3.73. The van der Waals surface area contributed by atoms with Crippen LogP contribution < -0.4 is 0 Å². The molecule has 2 nitrogen and oxygen atoms in total. The summed E-state index contributed by atoms with van der Waals surface area (Å²) in [5.41, 5.74) is 3.57. The predicted octanol–water partition coefficient (Wildman–Crippen LogP) is 3.93. The van der Waals surface area contributed by atoms with Gasteiger partial charge in [0, 0.05) is 5.39 Å². The SMILES string of the molecule is C/C=C(\C=C/CC)c1ccc2[nH]ncc2c1. The molecular weight excluding hydrogens is 196 g/mol. The summed E-state index contributed by atoms with van der Waals surface area (Å²) >= 11 is 0. The third kappa shape index (κ3) is 2.06. The Morgan fingerprint density at radius 2 is 2.31 bits per heavy atom. The highest BCUT2D eigenvalue weighted by Crippen LogP contribution is 2.20. The van der Waals surface area contributed by atoms with Gasteiger partial charge in [-0.25, -0.2) is 0 Å². The van der Waals surface area contributed by atoms with Crippen LogP contribution >= 0.6 is 0 Å². The molecule has 0 spiro atoms. The molecule has 0 atom stereocenters. The number of benzene rings is 1. The van der Waals surface area contributed by atoms with Gasteiger partial charge >= 0.3 is 0 Å². The summed E-state index contributed by atoms with van der Waals surface area (Å²) in [7, 11) is 0. The fourth-order valence-electron chi connectivity index (χ4n) is 1.73. The first kappa shape index (κ1) is 10.7. The monoisotopic (exact) mass is 212 g/mol. The van der Waals surface area contributed by atoms with Crippen LogP contribution in [0.3, 0.4) is 0 Å². The summed E-state index contributed by atoms with van der Waals surface area (Å²) in [6.07, 6.45) is 9.39. The van der Waals surface area contributed by atoms with E-state index in [2.05, 4.69) is 60.5 Å². The molecular formula is C14H16N2. The van der Waals surface area contributed by atoms with Gasteiger partial charge in [-0.05, 0) is 36.6 Å². The quantitative estimate of drug-likeness (QED) is 0.767. The van der Waals surface area contributed by atoms with E-state index in [0.29, 0.717) is 0 Å². The lowest BCUT2D eigenvalue weighted by Gasteiger charge is -2.01. The fourth-order valence-corrected chi connectivity index (χ4v) is 1.73. The van der Waals surface area contributed by atoms with Crippen LogP contribution in [0, 0.1) is 0 Å².